The Morgan fingerprint density at radius 2 is 1.88 bits per heavy atom. The molecule has 0 radical (unpaired) electrons. The summed E-state index contributed by atoms with van der Waals surface area (Å²) in [6, 6.07) is 11.4. The van der Waals surface area contributed by atoms with Gasteiger partial charge in [-0.1, -0.05) is 6.07 Å². The van der Waals surface area contributed by atoms with E-state index in [0.29, 0.717) is 31.9 Å². The minimum absolute atomic E-state index is 0.0445. The van der Waals surface area contributed by atoms with Crippen LogP contribution in [0.2, 0.25) is 0 Å². The van der Waals surface area contributed by atoms with Crippen molar-refractivity contribution in [3.8, 4) is 11.5 Å². The molecular formula is C28H36N2O4. The van der Waals surface area contributed by atoms with Crippen LogP contribution in [0, 0.1) is 13.8 Å². The lowest BCUT2D eigenvalue weighted by Gasteiger charge is -2.39. The summed E-state index contributed by atoms with van der Waals surface area (Å²) < 4.78 is 16.6. The molecule has 2 unspecified atom stereocenters. The zero-order valence-electron chi connectivity index (χ0n) is 20.6. The first kappa shape index (κ1) is 23.2. The van der Waals surface area contributed by atoms with Crippen LogP contribution in [-0.2, 0) is 17.7 Å². The minimum Gasteiger partial charge on any atom is -0.493 e. The molecule has 2 saturated heterocycles. The van der Waals surface area contributed by atoms with E-state index < -0.39 is 0 Å². The molecule has 182 valence electrons. The summed E-state index contributed by atoms with van der Waals surface area (Å²) in [5.74, 6) is 1.91. The number of fused-ring (bicyclic) bond motifs is 3. The first-order valence-electron chi connectivity index (χ1n) is 12.6. The smallest absolute Gasteiger partial charge is 0.251 e. The van der Waals surface area contributed by atoms with Gasteiger partial charge in [-0.25, -0.2) is 0 Å². The molecule has 3 aliphatic heterocycles. The van der Waals surface area contributed by atoms with Crippen LogP contribution < -0.4 is 14.8 Å². The molecule has 3 aliphatic rings. The normalized spacial score (nSPS) is 23.4. The number of ether oxygens (including phenoxy) is 3. The van der Waals surface area contributed by atoms with Gasteiger partial charge in [0.2, 0.25) is 0 Å². The maximum atomic E-state index is 12.9. The van der Waals surface area contributed by atoms with Crippen LogP contribution in [0.15, 0.2) is 30.3 Å². The Morgan fingerprint density at radius 3 is 2.65 bits per heavy atom. The van der Waals surface area contributed by atoms with Crippen LogP contribution in [0.3, 0.4) is 0 Å². The number of benzene rings is 2. The lowest BCUT2D eigenvalue weighted by molar-refractivity contribution is 0.0827. The summed E-state index contributed by atoms with van der Waals surface area (Å²) in [5.41, 5.74) is 5.78. The van der Waals surface area contributed by atoms with Gasteiger partial charge < -0.3 is 19.5 Å². The molecule has 0 spiro atoms. The molecule has 34 heavy (non-hydrogen) atoms. The van der Waals surface area contributed by atoms with E-state index in [1.54, 1.807) is 7.11 Å². The molecular weight excluding hydrogens is 428 g/mol. The SMILES string of the molecule is COCCOc1ccc(CN2C3CCC2CC(NC(=O)c2ccc4c(c2)CCO4)C3)c(C)c1C. The Kier molecular flexibility index (Phi) is 6.79. The number of piperidine rings is 1. The van der Waals surface area contributed by atoms with Gasteiger partial charge in [-0.15, -0.1) is 0 Å². The van der Waals surface area contributed by atoms with Crippen molar-refractivity contribution in [3.05, 3.63) is 58.1 Å². The van der Waals surface area contributed by atoms with Gasteiger partial charge in [-0.05, 0) is 86.1 Å². The highest BCUT2D eigenvalue weighted by Crippen LogP contribution is 2.38. The molecule has 2 atom stereocenters. The summed E-state index contributed by atoms with van der Waals surface area (Å²) in [4.78, 5) is 15.6. The Labute approximate surface area is 202 Å². The van der Waals surface area contributed by atoms with E-state index in [1.807, 2.05) is 18.2 Å². The standard InChI is InChI=1S/C28H36N2O4/c1-18-19(2)26(34-13-12-32-3)8-5-22(18)17-30-24-6-7-25(30)16-23(15-24)29-28(31)21-4-9-27-20(14-21)10-11-33-27/h4-5,8-9,14,23-25H,6-7,10-13,15-17H2,1-3H3,(H,29,31). The summed E-state index contributed by atoms with van der Waals surface area (Å²) in [5, 5.41) is 3.33. The molecule has 0 saturated carbocycles. The number of methoxy groups -OCH3 is 1. The highest BCUT2D eigenvalue weighted by atomic mass is 16.5. The molecule has 1 amide bonds. The first-order valence-corrected chi connectivity index (χ1v) is 12.6. The number of hydrogen-bond acceptors (Lipinski definition) is 5. The number of hydrogen-bond donors (Lipinski definition) is 1. The maximum absolute atomic E-state index is 12.9. The van der Waals surface area contributed by atoms with Crippen molar-refractivity contribution in [1.29, 1.82) is 0 Å². The largest absolute Gasteiger partial charge is 0.493 e. The summed E-state index contributed by atoms with van der Waals surface area (Å²) in [6.07, 6.45) is 5.35. The molecule has 0 aliphatic carbocycles. The van der Waals surface area contributed by atoms with E-state index in [9.17, 15) is 4.79 Å². The minimum atomic E-state index is 0.0445. The second kappa shape index (κ2) is 9.96. The second-order valence-electron chi connectivity index (χ2n) is 9.93. The van der Waals surface area contributed by atoms with E-state index in [2.05, 4.69) is 36.2 Å². The van der Waals surface area contributed by atoms with E-state index >= 15 is 0 Å². The third-order valence-electron chi connectivity index (χ3n) is 7.92. The summed E-state index contributed by atoms with van der Waals surface area (Å²) in [6.45, 7) is 7.18. The molecule has 5 rings (SSSR count). The highest BCUT2D eigenvalue weighted by Gasteiger charge is 2.41. The number of nitrogens with one attached hydrogen (secondary N) is 1. The van der Waals surface area contributed by atoms with E-state index in [0.717, 1.165) is 48.4 Å². The quantitative estimate of drug-likeness (QED) is 0.594. The van der Waals surface area contributed by atoms with Gasteiger partial charge in [-0.2, -0.15) is 0 Å². The molecule has 6 heteroatoms. The molecule has 2 aromatic rings. The van der Waals surface area contributed by atoms with Gasteiger partial charge in [0.15, 0.2) is 0 Å². The fourth-order valence-electron chi connectivity index (χ4n) is 5.86. The van der Waals surface area contributed by atoms with Crippen LogP contribution in [-0.4, -0.2) is 55.9 Å². The van der Waals surface area contributed by atoms with Crippen molar-refractivity contribution in [3.63, 3.8) is 0 Å². The number of rotatable bonds is 8. The summed E-state index contributed by atoms with van der Waals surface area (Å²) >= 11 is 0. The van der Waals surface area contributed by atoms with Gasteiger partial charge >= 0.3 is 0 Å². The van der Waals surface area contributed by atoms with Gasteiger partial charge in [0, 0.05) is 43.8 Å². The molecule has 6 nitrogen and oxygen atoms in total. The van der Waals surface area contributed by atoms with Crippen LogP contribution in [0.5, 0.6) is 11.5 Å². The second-order valence-corrected chi connectivity index (χ2v) is 9.93. The fraction of sp³-hybridized carbons (Fsp3) is 0.536. The Bertz CT molecular complexity index is 1040. The van der Waals surface area contributed by atoms with Gasteiger partial charge in [0.25, 0.3) is 5.91 Å². The van der Waals surface area contributed by atoms with Crippen LogP contribution in [0.25, 0.3) is 0 Å². The maximum Gasteiger partial charge on any atom is 0.251 e. The topological polar surface area (TPSA) is 60.0 Å². The molecule has 0 aromatic heterocycles. The van der Waals surface area contributed by atoms with Crippen molar-refractivity contribution in [2.24, 2.45) is 0 Å². The Morgan fingerprint density at radius 1 is 1.09 bits per heavy atom. The highest BCUT2D eigenvalue weighted by molar-refractivity contribution is 5.94. The lowest BCUT2D eigenvalue weighted by atomic mass is 9.94. The van der Waals surface area contributed by atoms with Crippen molar-refractivity contribution in [2.45, 2.75) is 70.6 Å². The predicted molar refractivity (Wildman–Crippen MR) is 132 cm³/mol. The van der Waals surface area contributed by atoms with Crippen LogP contribution in [0.1, 0.15) is 58.3 Å². The van der Waals surface area contributed by atoms with Gasteiger partial charge in [0.1, 0.15) is 18.1 Å². The van der Waals surface area contributed by atoms with Gasteiger partial charge in [0.05, 0.1) is 13.2 Å². The van der Waals surface area contributed by atoms with Crippen LogP contribution >= 0.6 is 0 Å². The predicted octanol–water partition coefficient (Wildman–Crippen LogP) is 4.19. The third-order valence-corrected chi connectivity index (χ3v) is 7.92. The lowest BCUT2D eigenvalue weighted by Crippen LogP contribution is -2.50. The van der Waals surface area contributed by atoms with E-state index in [1.165, 1.54) is 29.5 Å². The van der Waals surface area contributed by atoms with Crippen molar-refractivity contribution < 1.29 is 19.0 Å². The first-order chi connectivity index (χ1) is 16.5. The fourth-order valence-corrected chi connectivity index (χ4v) is 5.86. The Balaban J connectivity index is 1.20. The molecule has 2 aromatic carbocycles. The zero-order chi connectivity index (χ0) is 23.7. The summed E-state index contributed by atoms with van der Waals surface area (Å²) in [7, 11) is 1.69. The monoisotopic (exact) mass is 464 g/mol. The third kappa shape index (κ3) is 4.66. The molecule has 2 fully saturated rings. The Hall–Kier alpha value is -2.57. The average Bonchev–Trinajstić information content (AvgIpc) is 3.39. The zero-order valence-corrected chi connectivity index (χ0v) is 20.6. The van der Waals surface area contributed by atoms with Crippen molar-refractivity contribution in [2.75, 3.05) is 26.9 Å². The van der Waals surface area contributed by atoms with Crippen LogP contribution in [0.4, 0.5) is 0 Å². The number of amides is 1. The van der Waals surface area contributed by atoms with E-state index in [-0.39, 0.29) is 11.9 Å². The number of carbonyl (C=O) groups excluding carboxylic acids is 1. The molecule has 1 N–H and O–H groups in total. The number of nitrogens with zero attached hydrogens (tertiary/aromatic N) is 1. The van der Waals surface area contributed by atoms with Gasteiger partial charge in [-0.3, -0.25) is 9.69 Å². The van der Waals surface area contributed by atoms with E-state index in [4.69, 9.17) is 14.2 Å². The van der Waals surface area contributed by atoms with Crippen molar-refractivity contribution >= 4 is 5.91 Å². The molecule has 2 bridgehead atoms. The number of carbonyl (C=O) groups is 1. The molecule has 3 heterocycles. The average molecular weight is 465 g/mol. The van der Waals surface area contributed by atoms with Crippen molar-refractivity contribution in [1.82, 2.24) is 10.2 Å².